The fourth-order valence-corrected chi connectivity index (χ4v) is 4.24. The average Bonchev–Trinajstić information content (AvgIpc) is 2.74. The third-order valence-electron chi connectivity index (χ3n) is 4.88. The Kier molecular flexibility index (Phi) is 4.15. The van der Waals surface area contributed by atoms with E-state index in [4.69, 9.17) is 21.1 Å². The van der Waals surface area contributed by atoms with Crippen LogP contribution in [0.2, 0.25) is 0 Å². The van der Waals surface area contributed by atoms with Crippen LogP contribution in [0.5, 0.6) is 0 Å². The molecule has 0 aromatic rings. The molecule has 114 valence electrons. The van der Waals surface area contributed by atoms with Crippen molar-refractivity contribution in [1.82, 2.24) is 0 Å². The van der Waals surface area contributed by atoms with Gasteiger partial charge in [-0.3, -0.25) is 0 Å². The molecule has 0 amide bonds. The number of rotatable bonds is 2. The first kappa shape index (κ1) is 14.8. The second-order valence-corrected chi connectivity index (χ2v) is 7.40. The van der Waals surface area contributed by atoms with Crippen molar-refractivity contribution in [2.45, 2.75) is 76.5 Å². The second-order valence-electron chi connectivity index (χ2n) is 6.97. The lowest BCUT2D eigenvalue weighted by molar-refractivity contribution is -0.155. The van der Waals surface area contributed by atoms with Crippen LogP contribution >= 0.6 is 11.6 Å². The highest BCUT2D eigenvalue weighted by Gasteiger charge is 2.50. The molecule has 1 saturated heterocycles. The summed E-state index contributed by atoms with van der Waals surface area (Å²) in [6.45, 7) is 3.75. The van der Waals surface area contributed by atoms with Gasteiger partial charge in [0, 0.05) is 11.0 Å². The second kappa shape index (κ2) is 5.60. The normalized spacial score (nSPS) is 41.3. The van der Waals surface area contributed by atoms with Crippen LogP contribution in [0.4, 0.5) is 0 Å². The maximum Gasteiger partial charge on any atom is 0.164 e. The van der Waals surface area contributed by atoms with Crippen molar-refractivity contribution in [2.75, 3.05) is 0 Å². The van der Waals surface area contributed by atoms with Gasteiger partial charge < -0.3 is 14.6 Å². The predicted octanol–water partition coefficient (Wildman–Crippen LogP) is 3.59. The Bertz CT molecular complexity index is 387. The Balaban J connectivity index is 1.70. The van der Waals surface area contributed by atoms with Gasteiger partial charge in [-0.25, -0.2) is 0 Å². The van der Waals surface area contributed by atoms with Crippen LogP contribution in [0, 0.1) is 11.8 Å². The molecule has 4 atom stereocenters. The van der Waals surface area contributed by atoms with Crippen molar-refractivity contribution in [2.24, 2.45) is 11.8 Å². The number of ether oxygens (including phenoxy) is 2. The van der Waals surface area contributed by atoms with E-state index in [1.165, 1.54) is 32.1 Å². The van der Waals surface area contributed by atoms with Gasteiger partial charge >= 0.3 is 0 Å². The average molecular weight is 301 g/mol. The summed E-state index contributed by atoms with van der Waals surface area (Å²) in [6.07, 6.45) is 8.46. The van der Waals surface area contributed by atoms with E-state index in [1.807, 2.05) is 19.9 Å². The van der Waals surface area contributed by atoms with E-state index in [9.17, 15) is 5.11 Å². The number of aliphatic hydroxyl groups excluding tert-OH is 1. The fourth-order valence-electron chi connectivity index (χ4n) is 3.91. The Morgan fingerprint density at radius 3 is 2.65 bits per heavy atom. The highest BCUT2D eigenvalue weighted by Crippen LogP contribution is 2.43. The molecule has 3 nitrogen and oxygen atoms in total. The summed E-state index contributed by atoms with van der Waals surface area (Å²) in [5.74, 6) is 0.157. The highest BCUT2D eigenvalue weighted by molar-refractivity contribution is 6.30. The quantitative estimate of drug-likeness (QED) is 0.847. The zero-order chi connectivity index (χ0) is 14.3. The minimum atomic E-state index is -0.663. The Morgan fingerprint density at radius 1 is 1.25 bits per heavy atom. The third kappa shape index (κ3) is 2.92. The highest BCUT2D eigenvalue weighted by atomic mass is 35.5. The van der Waals surface area contributed by atoms with Gasteiger partial charge in [-0.2, -0.15) is 0 Å². The first-order valence-corrected chi connectivity index (χ1v) is 8.25. The summed E-state index contributed by atoms with van der Waals surface area (Å²) in [4.78, 5) is 0. The molecular weight excluding hydrogens is 276 g/mol. The van der Waals surface area contributed by atoms with Gasteiger partial charge in [-0.15, -0.1) is 0 Å². The lowest BCUT2D eigenvalue weighted by Gasteiger charge is -2.35. The summed E-state index contributed by atoms with van der Waals surface area (Å²) < 4.78 is 11.6. The molecular formula is C16H25ClO3. The smallest absolute Gasteiger partial charge is 0.164 e. The van der Waals surface area contributed by atoms with Crippen molar-refractivity contribution in [3.8, 4) is 0 Å². The minimum absolute atomic E-state index is 0.101. The molecule has 2 aliphatic carbocycles. The molecule has 1 heterocycles. The lowest BCUT2D eigenvalue weighted by Crippen LogP contribution is -2.44. The van der Waals surface area contributed by atoms with Crippen molar-refractivity contribution >= 4 is 11.6 Å². The Labute approximate surface area is 126 Å². The molecule has 3 aliphatic rings. The Hall–Kier alpha value is -0.0900. The Morgan fingerprint density at radius 2 is 1.95 bits per heavy atom. The molecule has 1 N–H and O–H groups in total. The van der Waals surface area contributed by atoms with Gasteiger partial charge in [-0.05, 0) is 26.2 Å². The first-order chi connectivity index (χ1) is 9.46. The standard InChI is InChI=1S/C16H25ClO3/c1-16(2)19-14-12(17)9-11(13(18)15(14)20-16)8-10-6-4-3-5-7-10/h9-11,13-15,18H,3-8H2,1-2H3. The van der Waals surface area contributed by atoms with Crippen LogP contribution in [0.3, 0.4) is 0 Å². The lowest BCUT2D eigenvalue weighted by atomic mass is 9.77. The van der Waals surface area contributed by atoms with Gasteiger partial charge in [0.15, 0.2) is 5.79 Å². The predicted molar refractivity (Wildman–Crippen MR) is 78.4 cm³/mol. The van der Waals surface area contributed by atoms with Crippen molar-refractivity contribution in [3.63, 3.8) is 0 Å². The van der Waals surface area contributed by atoms with Crippen LogP contribution in [0.15, 0.2) is 11.1 Å². The monoisotopic (exact) mass is 300 g/mol. The number of aliphatic hydroxyl groups is 1. The summed E-state index contributed by atoms with van der Waals surface area (Å²) >= 11 is 6.37. The van der Waals surface area contributed by atoms with Crippen LogP contribution in [-0.4, -0.2) is 29.2 Å². The number of hydrogen-bond acceptors (Lipinski definition) is 3. The van der Waals surface area contributed by atoms with Crippen molar-refractivity contribution in [3.05, 3.63) is 11.1 Å². The van der Waals surface area contributed by atoms with E-state index in [0.29, 0.717) is 5.03 Å². The largest absolute Gasteiger partial charge is 0.390 e. The molecule has 4 heteroatoms. The molecule has 4 unspecified atom stereocenters. The molecule has 1 saturated carbocycles. The minimum Gasteiger partial charge on any atom is -0.390 e. The molecule has 0 aromatic heterocycles. The summed E-state index contributed by atoms with van der Waals surface area (Å²) in [7, 11) is 0. The van der Waals surface area contributed by atoms with Gasteiger partial charge in [-0.1, -0.05) is 49.8 Å². The topological polar surface area (TPSA) is 38.7 Å². The molecule has 0 aromatic carbocycles. The van der Waals surface area contributed by atoms with Gasteiger partial charge in [0.1, 0.15) is 12.2 Å². The molecule has 20 heavy (non-hydrogen) atoms. The van der Waals surface area contributed by atoms with E-state index < -0.39 is 11.9 Å². The summed E-state index contributed by atoms with van der Waals surface area (Å²) in [5, 5.41) is 11.3. The zero-order valence-corrected chi connectivity index (χ0v) is 13.1. The zero-order valence-electron chi connectivity index (χ0n) is 12.3. The van der Waals surface area contributed by atoms with Crippen molar-refractivity contribution in [1.29, 1.82) is 0 Å². The number of fused-ring (bicyclic) bond motifs is 1. The van der Waals surface area contributed by atoms with Crippen LogP contribution in [0.1, 0.15) is 52.4 Å². The van der Waals surface area contributed by atoms with Gasteiger partial charge in [0.05, 0.1) is 6.10 Å². The van der Waals surface area contributed by atoms with Gasteiger partial charge in [0.2, 0.25) is 0 Å². The van der Waals surface area contributed by atoms with Crippen molar-refractivity contribution < 1.29 is 14.6 Å². The van der Waals surface area contributed by atoms with E-state index in [-0.39, 0.29) is 18.1 Å². The molecule has 0 spiro atoms. The van der Waals surface area contributed by atoms with Crippen LogP contribution in [-0.2, 0) is 9.47 Å². The molecule has 2 fully saturated rings. The van der Waals surface area contributed by atoms with E-state index in [2.05, 4.69) is 0 Å². The van der Waals surface area contributed by atoms with Crippen LogP contribution < -0.4 is 0 Å². The van der Waals surface area contributed by atoms with Crippen LogP contribution in [0.25, 0.3) is 0 Å². The van der Waals surface area contributed by atoms with Gasteiger partial charge in [0.25, 0.3) is 0 Å². The molecule has 0 bridgehead atoms. The molecule has 1 aliphatic heterocycles. The fraction of sp³-hybridized carbons (Fsp3) is 0.875. The maximum atomic E-state index is 10.6. The summed E-state index contributed by atoms with van der Waals surface area (Å²) in [6, 6.07) is 0. The number of halogens is 1. The maximum absolute atomic E-state index is 10.6. The SMILES string of the molecule is CC1(C)OC2C(Cl)=CC(CC3CCCCC3)C(O)C2O1. The third-order valence-corrected chi connectivity index (χ3v) is 5.22. The van der Waals surface area contributed by atoms with E-state index in [1.54, 1.807) is 0 Å². The van der Waals surface area contributed by atoms with E-state index >= 15 is 0 Å². The molecule has 3 rings (SSSR count). The summed E-state index contributed by atoms with van der Waals surface area (Å²) in [5.41, 5.74) is 0. The number of hydrogen-bond donors (Lipinski definition) is 1. The van der Waals surface area contributed by atoms with E-state index in [0.717, 1.165) is 12.3 Å². The molecule has 0 radical (unpaired) electrons. The first-order valence-electron chi connectivity index (χ1n) is 7.87.